The standard InChI is InChI=1S/C29H27NO9S/c1-3-37-28(33)21-6-10-23(11-7-21)30-17-22(16-27(30)32)29(34)38-18-26(31)20-8-12-24(13-9-20)39-40(35,36)25-14-4-19(2)5-15-25/h4-15,22H,3,16-18H2,1-2H3/t22-/m1/s1. The highest BCUT2D eigenvalue weighted by molar-refractivity contribution is 7.87. The van der Waals surface area contributed by atoms with Gasteiger partial charge in [-0.15, -0.1) is 0 Å². The molecule has 1 atom stereocenters. The first kappa shape index (κ1) is 28.5. The van der Waals surface area contributed by atoms with Crippen molar-refractivity contribution < 1.29 is 41.3 Å². The molecular formula is C29H27NO9S. The maximum atomic E-state index is 12.6. The fourth-order valence-corrected chi connectivity index (χ4v) is 4.95. The van der Waals surface area contributed by atoms with Crippen LogP contribution in [0.15, 0.2) is 77.7 Å². The molecule has 3 aromatic carbocycles. The van der Waals surface area contributed by atoms with Gasteiger partial charge in [0.2, 0.25) is 5.91 Å². The van der Waals surface area contributed by atoms with Gasteiger partial charge in [-0.1, -0.05) is 17.7 Å². The van der Waals surface area contributed by atoms with Crippen LogP contribution >= 0.6 is 0 Å². The molecule has 11 heteroatoms. The Hall–Kier alpha value is -4.51. The van der Waals surface area contributed by atoms with Crippen molar-refractivity contribution >= 4 is 39.4 Å². The maximum absolute atomic E-state index is 12.6. The number of aryl methyl sites for hydroxylation is 1. The molecule has 1 aliphatic rings. The highest BCUT2D eigenvalue weighted by Crippen LogP contribution is 2.27. The summed E-state index contributed by atoms with van der Waals surface area (Å²) < 4.78 is 40.1. The summed E-state index contributed by atoms with van der Waals surface area (Å²) in [5.74, 6) is -2.68. The Morgan fingerprint density at radius 2 is 1.50 bits per heavy atom. The first-order valence-corrected chi connectivity index (χ1v) is 13.9. The van der Waals surface area contributed by atoms with Crippen LogP contribution in [-0.2, 0) is 29.2 Å². The van der Waals surface area contributed by atoms with Gasteiger partial charge in [0.15, 0.2) is 12.4 Å². The van der Waals surface area contributed by atoms with E-state index in [1.165, 1.54) is 41.3 Å². The van der Waals surface area contributed by atoms with E-state index in [0.717, 1.165) is 5.56 Å². The molecule has 1 fully saturated rings. The molecule has 0 unspecified atom stereocenters. The largest absolute Gasteiger partial charge is 0.462 e. The van der Waals surface area contributed by atoms with Crippen LogP contribution in [0.5, 0.6) is 5.75 Å². The molecule has 0 radical (unpaired) electrons. The molecule has 10 nitrogen and oxygen atoms in total. The normalized spacial score (nSPS) is 15.0. The Bertz CT molecular complexity index is 1510. The van der Waals surface area contributed by atoms with E-state index in [1.54, 1.807) is 43.3 Å². The van der Waals surface area contributed by atoms with Gasteiger partial charge in [-0.3, -0.25) is 14.4 Å². The average molecular weight is 566 g/mol. The maximum Gasteiger partial charge on any atom is 0.339 e. The van der Waals surface area contributed by atoms with Crippen molar-refractivity contribution in [2.75, 3.05) is 24.7 Å². The third-order valence-electron chi connectivity index (χ3n) is 6.19. The van der Waals surface area contributed by atoms with Gasteiger partial charge in [-0.05, 0) is 74.5 Å². The Morgan fingerprint density at radius 1 is 0.875 bits per heavy atom. The molecule has 1 amide bonds. The van der Waals surface area contributed by atoms with Crippen LogP contribution in [0.1, 0.15) is 39.6 Å². The number of ether oxygens (including phenoxy) is 2. The molecule has 4 rings (SSSR count). The molecule has 0 bridgehead atoms. The number of esters is 2. The summed E-state index contributed by atoms with van der Waals surface area (Å²) in [6.07, 6.45) is -0.0753. The van der Waals surface area contributed by atoms with Gasteiger partial charge < -0.3 is 18.6 Å². The molecule has 0 aliphatic carbocycles. The van der Waals surface area contributed by atoms with Crippen LogP contribution in [0.4, 0.5) is 5.69 Å². The number of carbonyl (C=O) groups is 4. The fourth-order valence-electron chi connectivity index (χ4n) is 4.02. The summed E-state index contributed by atoms with van der Waals surface area (Å²) in [6, 6.07) is 17.9. The summed E-state index contributed by atoms with van der Waals surface area (Å²) >= 11 is 0. The van der Waals surface area contributed by atoms with E-state index in [1.807, 2.05) is 6.92 Å². The number of hydrogen-bond acceptors (Lipinski definition) is 9. The monoisotopic (exact) mass is 565 g/mol. The predicted molar refractivity (Wildman–Crippen MR) is 144 cm³/mol. The minimum atomic E-state index is -4.04. The molecule has 1 aliphatic heterocycles. The van der Waals surface area contributed by atoms with Crippen molar-refractivity contribution in [2.45, 2.75) is 25.2 Å². The van der Waals surface area contributed by atoms with Crippen molar-refractivity contribution in [3.63, 3.8) is 0 Å². The van der Waals surface area contributed by atoms with Crippen LogP contribution in [0.2, 0.25) is 0 Å². The number of nitrogens with zero attached hydrogens (tertiary/aromatic N) is 1. The van der Waals surface area contributed by atoms with E-state index in [4.69, 9.17) is 13.7 Å². The number of amides is 1. The predicted octanol–water partition coefficient (Wildman–Crippen LogP) is 3.72. The fraction of sp³-hybridized carbons (Fsp3) is 0.241. The van der Waals surface area contributed by atoms with Crippen molar-refractivity contribution in [3.8, 4) is 5.75 Å². The van der Waals surface area contributed by atoms with Crippen molar-refractivity contribution in [1.29, 1.82) is 0 Å². The molecule has 0 N–H and O–H groups in total. The molecular weight excluding hydrogens is 538 g/mol. The second-order valence-corrected chi connectivity index (χ2v) is 10.6. The number of benzene rings is 3. The number of Topliss-reactive ketones (excluding diaryl/α,β-unsaturated/α-hetero) is 1. The Morgan fingerprint density at radius 3 is 2.12 bits per heavy atom. The lowest BCUT2D eigenvalue weighted by molar-refractivity contribution is -0.147. The summed E-state index contributed by atoms with van der Waals surface area (Å²) in [5.41, 5.74) is 1.97. The smallest absolute Gasteiger partial charge is 0.339 e. The van der Waals surface area contributed by atoms with E-state index in [9.17, 15) is 27.6 Å². The molecule has 1 saturated heterocycles. The van der Waals surface area contributed by atoms with Crippen LogP contribution in [0, 0.1) is 12.8 Å². The summed E-state index contributed by atoms with van der Waals surface area (Å²) in [7, 11) is -4.04. The quantitative estimate of drug-likeness (QED) is 0.205. The zero-order chi connectivity index (χ0) is 28.9. The summed E-state index contributed by atoms with van der Waals surface area (Å²) in [4.78, 5) is 50.9. The third kappa shape index (κ3) is 6.73. The van der Waals surface area contributed by atoms with Crippen LogP contribution in [0.25, 0.3) is 0 Å². The molecule has 0 aromatic heterocycles. The van der Waals surface area contributed by atoms with E-state index in [-0.39, 0.29) is 41.7 Å². The van der Waals surface area contributed by atoms with Gasteiger partial charge in [-0.25, -0.2) is 4.79 Å². The zero-order valence-electron chi connectivity index (χ0n) is 21.9. The van der Waals surface area contributed by atoms with E-state index >= 15 is 0 Å². The van der Waals surface area contributed by atoms with Crippen molar-refractivity contribution in [1.82, 2.24) is 0 Å². The third-order valence-corrected chi connectivity index (χ3v) is 7.45. The first-order valence-electron chi connectivity index (χ1n) is 12.5. The van der Waals surface area contributed by atoms with Crippen molar-refractivity contribution in [2.24, 2.45) is 5.92 Å². The van der Waals surface area contributed by atoms with Crippen LogP contribution < -0.4 is 9.08 Å². The SMILES string of the molecule is CCOC(=O)c1ccc(N2C[C@H](C(=O)OCC(=O)c3ccc(OS(=O)(=O)c4ccc(C)cc4)cc3)CC2=O)cc1. The summed E-state index contributed by atoms with van der Waals surface area (Å²) in [6.45, 7) is 3.32. The van der Waals surface area contributed by atoms with Crippen LogP contribution in [-0.4, -0.2) is 51.8 Å². The number of hydrogen-bond donors (Lipinski definition) is 0. The Balaban J connectivity index is 1.30. The molecule has 208 valence electrons. The molecule has 3 aromatic rings. The summed E-state index contributed by atoms with van der Waals surface area (Å²) in [5, 5.41) is 0. The van der Waals surface area contributed by atoms with Gasteiger partial charge in [0.25, 0.3) is 0 Å². The number of rotatable bonds is 10. The van der Waals surface area contributed by atoms with E-state index in [2.05, 4.69) is 0 Å². The van der Waals surface area contributed by atoms with Gasteiger partial charge in [-0.2, -0.15) is 8.42 Å². The highest BCUT2D eigenvalue weighted by atomic mass is 32.2. The Kier molecular flexibility index (Phi) is 8.64. The Labute approximate surface area is 231 Å². The van der Waals surface area contributed by atoms with Gasteiger partial charge in [0.05, 0.1) is 18.1 Å². The zero-order valence-corrected chi connectivity index (χ0v) is 22.7. The van der Waals surface area contributed by atoms with E-state index < -0.39 is 40.4 Å². The van der Waals surface area contributed by atoms with Gasteiger partial charge in [0.1, 0.15) is 10.6 Å². The lowest BCUT2D eigenvalue weighted by atomic mass is 10.1. The van der Waals surface area contributed by atoms with E-state index in [0.29, 0.717) is 11.3 Å². The first-order chi connectivity index (χ1) is 19.1. The second kappa shape index (κ2) is 12.1. The molecule has 1 heterocycles. The van der Waals surface area contributed by atoms with Gasteiger partial charge >= 0.3 is 22.1 Å². The number of anilines is 1. The second-order valence-electron chi connectivity index (χ2n) is 9.08. The minimum Gasteiger partial charge on any atom is -0.462 e. The lowest BCUT2D eigenvalue weighted by Crippen LogP contribution is -2.27. The molecule has 0 saturated carbocycles. The molecule has 0 spiro atoms. The van der Waals surface area contributed by atoms with Crippen molar-refractivity contribution in [3.05, 3.63) is 89.5 Å². The average Bonchev–Trinajstić information content (AvgIpc) is 3.33. The number of ketones is 1. The van der Waals surface area contributed by atoms with Gasteiger partial charge in [0, 0.05) is 24.2 Å². The van der Waals surface area contributed by atoms with Crippen LogP contribution in [0.3, 0.4) is 0 Å². The topological polar surface area (TPSA) is 133 Å². The lowest BCUT2D eigenvalue weighted by Gasteiger charge is -2.17. The number of carbonyl (C=O) groups excluding carboxylic acids is 4. The highest BCUT2D eigenvalue weighted by Gasteiger charge is 2.36. The molecule has 40 heavy (non-hydrogen) atoms. The minimum absolute atomic E-state index is 0.00261.